The fourth-order valence-electron chi connectivity index (χ4n) is 2.26. The number of hydrogen-bond donors (Lipinski definition) is 1. The Bertz CT molecular complexity index is 514. The standard InChI is InChI=1S/C13H19N3O2S/c1-5-13(4)12(18)14-8(2)11(17)16(13)6-10-7-19-9(3)15-10/h7-8H,5-6H2,1-4H3,(H,14,18). The molecule has 0 spiro atoms. The van der Waals surface area contributed by atoms with Gasteiger partial charge in [0.15, 0.2) is 0 Å². The van der Waals surface area contributed by atoms with Crippen molar-refractivity contribution in [2.24, 2.45) is 0 Å². The number of aromatic nitrogens is 1. The Kier molecular flexibility index (Phi) is 3.62. The number of rotatable bonds is 3. The maximum Gasteiger partial charge on any atom is 0.246 e. The first-order valence-electron chi connectivity index (χ1n) is 6.42. The first-order chi connectivity index (χ1) is 8.88. The fraction of sp³-hybridized carbons (Fsp3) is 0.615. The van der Waals surface area contributed by atoms with Crippen LogP contribution in [0.15, 0.2) is 5.38 Å². The summed E-state index contributed by atoms with van der Waals surface area (Å²) in [6.45, 7) is 7.77. The highest BCUT2D eigenvalue weighted by atomic mass is 32.1. The second-order valence-corrected chi connectivity index (χ2v) is 6.17. The molecule has 6 heteroatoms. The largest absolute Gasteiger partial charge is 0.343 e. The van der Waals surface area contributed by atoms with E-state index in [1.807, 2.05) is 26.2 Å². The van der Waals surface area contributed by atoms with Crippen molar-refractivity contribution < 1.29 is 9.59 Å². The normalized spacial score (nSPS) is 27.6. The van der Waals surface area contributed by atoms with Gasteiger partial charge >= 0.3 is 0 Å². The lowest BCUT2D eigenvalue weighted by Gasteiger charge is -2.45. The first kappa shape index (κ1) is 14.0. The summed E-state index contributed by atoms with van der Waals surface area (Å²) in [6.07, 6.45) is 0.584. The predicted molar refractivity (Wildman–Crippen MR) is 73.7 cm³/mol. The van der Waals surface area contributed by atoms with Gasteiger partial charge in [0.1, 0.15) is 11.6 Å². The molecular formula is C13H19N3O2S. The molecule has 2 rings (SSSR count). The second kappa shape index (κ2) is 4.92. The van der Waals surface area contributed by atoms with E-state index in [4.69, 9.17) is 0 Å². The Morgan fingerprint density at radius 1 is 1.53 bits per heavy atom. The number of piperazine rings is 1. The zero-order valence-corrected chi connectivity index (χ0v) is 12.5. The number of nitrogens with one attached hydrogen (secondary N) is 1. The highest BCUT2D eigenvalue weighted by Gasteiger charge is 2.47. The summed E-state index contributed by atoms with van der Waals surface area (Å²) in [5, 5.41) is 5.65. The third-order valence-electron chi connectivity index (χ3n) is 3.74. The van der Waals surface area contributed by atoms with E-state index in [0.717, 1.165) is 10.7 Å². The van der Waals surface area contributed by atoms with Crippen molar-refractivity contribution in [2.75, 3.05) is 0 Å². The van der Waals surface area contributed by atoms with Crippen LogP contribution in [0.2, 0.25) is 0 Å². The molecule has 2 heterocycles. The molecule has 1 aromatic rings. The predicted octanol–water partition coefficient (Wildman–Crippen LogP) is 1.47. The van der Waals surface area contributed by atoms with Crippen molar-refractivity contribution in [3.8, 4) is 0 Å². The summed E-state index contributed by atoms with van der Waals surface area (Å²) in [7, 11) is 0. The average molecular weight is 281 g/mol. The maximum absolute atomic E-state index is 12.3. The lowest BCUT2D eigenvalue weighted by molar-refractivity contribution is -0.157. The average Bonchev–Trinajstić information content (AvgIpc) is 2.78. The summed E-state index contributed by atoms with van der Waals surface area (Å²) in [4.78, 5) is 30.6. The molecule has 1 aliphatic rings. The number of amides is 2. The SMILES string of the molecule is CCC1(C)C(=O)NC(C)C(=O)N1Cc1csc(C)n1. The van der Waals surface area contributed by atoms with E-state index in [2.05, 4.69) is 10.3 Å². The minimum Gasteiger partial charge on any atom is -0.343 e. The number of carbonyl (C=O) groups is 2. The second-order valence-electron chi connectivity index (χ2n) is 5.10. The van der Waals surface area contributed by atoms with Crippen molar-refractivity contribution in [3.05, 3.63) is 16.1 Å². The van der Waals surface area contributed by atoms with Gasteiger partial charge in [-0.3, -0.25) is 9.59 Å². The Hall–Kier alpha value is -1.43. The number of nitrogens with zero attached hydrogens (tertiary/aromatic N) is 2. The van der Waals surface area contributed by atoms with Gasteiger partial charge in [-0.25, -0.2) is 4.98 Å². The Balaban J connectivity index is 2.31. The van der Waals surface area contributed by atoms with Crippen LogP contribution < -0.4 is 5.32 Å². The van der Waals surface area contributed by atoms with Crippen LogP contribution in [-0.4, -0.2) is 33.3 Å². The topological polar surface area (TPSA) is 62.3 Å². The number of thiazole rings is 1. The van der Waals surface area contributed by atoms with Crippen molar-refractivity contribution in [1.29, 1.82) is 0 Å². The van der Waals surface area contributed by atoms with Gasteiger partial charge < -0.3 is 10.2 Å². The molecule has 0 aliphatic carbocycles. The highest BCUT2D eigenvalue weighted by molar-refractivity contribution is 7.09. The van der Waals surface area contributed by atoms with Crippen molar-refractivity contribution in [1.82, 2.24) is 15.2 Å². The van der Waals surface area contributed by atoms with Crippen molar-refractivity contribution in [2.45, 2.75) is 52.2 Å². The van der Waals surface area contributed by atoms with Crippen molar-refractivity contribution >= 4 is 23.2 Å². The van der Waals surface area contributed by atoms with Crippen LogP contribution in [0, 0.1) is 6.92 Å². The molecule has 0 bridgehead atoms. The quantitative estimate of drug-likeness (QED) is 0.912. The molecule has 1 N–H and O–H groups in total. The summed E-state index contributed by atoms with van der Waals surface area (Å²) in [5.74, 6) is -0.136. The molecule has 2 atom stereocenters. The summed E-state index contributed by atoms with van der Waals surface area (Å²) in [6, 6.07) is -0.466. The smallest absolute Gasteiger partial charge is 0.246 e. The van der Waals surface area contributed by atoms with Crippen LogP contribution in [0.4, 0.5) is 0 Å². The van der Waals surface area contributed by atoms with Gasteiger partial charge in [-0.2, -0.15) is 0 Å². The minimum atomic E-state index is -0.791. The van der Waals surface area contributed by atoms with E-state index in [0.29, 0.717) is 13.0 Å². The molecule has 2 unspecified atom stereocenters. The zero-order chi connectivity index (χ0) is 14.2. The summed E-state index contributed by atoms with van der Waals surface area (Å²) in [5.41, 5.74) is 0.0543. The van der Waals surface area contributed by atoms with E-state index >= 15 is 0 Å². The Labute approximate surface area is 117 Å². The van der Waals surface area contributed by atoms with E-state index < -0.39 is 11.6 Å². The molecule has 1 aromatic heterocycles. The minimum absolute atomic E-state index is 0.0467. The van der Waals surface area contributed by atoms with Crippen LogP contribution in [0.1, 0.15) is 37.9 Å². The third kappa shape index (κ3) is 2.36. The lowest BCUT2D eigenvalue weighted by Crippen LogP contribution is -2.68. The van der Waals surface area contributed by atoms with Gasteiger partial charge in [-0.1, -0.05) is 6.92 Å². The fourth-order valence-corrected chi connectivity index (χ4v) is 2.86. The zero-order valence-electron chi connectivity index (χ0n) is 11.7. The van der Waals surface area contributed by atoms with Gasteiger partial charge in [-0.15, -0.1) is 11.3 Å². The lowest BCUT2D eigenvalue weighted by atomic mass is 9.90. The third-order valence-corrected chi connectivity index (χ3v) is 4.57. The summed E-state index contributed by atoms with van der Waals surface area (Å²) < 4.78 is 0. The van der Waals surface area contributed by atoms with E-state index in [1.165, 1.54) is 0 Å². The van der Waals surface area contributed by atoms with E-state index in [1.54, 1.807) is 23.2 Å². The van der Waals surface area contributed by atoms with Crippen molar-refractivity contribution in [3.63, 3.8) is 0 Å². The van der Waals surface area contributed by atoms with Crippen LogP contribution in [-0.2, 0) is 16.1 Å². The van der Waals surface area contributed by atoms with E-state index in [-0.39, 0.29) is 11.8 Å². The molecular weight excluding hydrogens is 262 g/mol. The highest BCUT2D eigenvalue weighted by Crippen LogP contribution is 2.27. The Morgan fingerprint density at radius 3 is 2.74 bits per heavy atom. The first-order valence-corrected chi connectivity index (χ1v) is 7.30. The van der Waals surface area contributed by atoms with Crippen LogP contribution in [0.5, 0.6) is 0 Å². The van der Waals surface area contributed by atoms with Crippen LogP contribution in [0.25, 0.3) is 0 Å². The molecule has 0 radical (unpaired) electrons. The maximum atomic E-state index is 12.3. The Morgan fingerprint density at radius 2 is 2.21 bits per heavy atom. The van der Waals surface area contributed by atoms with Gasteiger partial charge in [0.05, 0.1) is 17.2 Å². The van der Waals surface area contributed by atoms with Gasteiger partial charge in [0.25, 0.3) is 0 Å². The molecule has 104 valence electrons. The number of hydrogen-bond acceptors (Lipinski definition) is 4. The van der Waals surface area contributed by atoms with Gasteiger partial charge in [0.2, 0.25) is 11.8 Å². The summed E-state index contributed by atoms with van der Waals surface area (Å²) >= 11 is 1.55. The molecule has 5 nitrogen and oxygen atoms in total. The molecule has 0 saturated carbocycles. The van der Waals surface area contributed by atoms with Crippen LogP contribution in [0.3, 0.4) is 0 Å². The molecule has 0 aromatic carbocycles. The number of aryl methyl sites for hydroxylation is 1. The number of carbonyl (C=O) groups excluding carboxylic acids is 2. The molecule has 1 aliphatic heterocycles. The monoisotopic (exact) mass is 281 g/mol. The van der Waals surface area contributed by atoms with Gasteiger partial charge in [-0.05, 0) is 27.2 Å². The van der Waals surface area contributed by atoms with Crippen LogP contribution >= 0.6 is 11.3 Å². The van der Waals surface area contributed by atoms with E-state index in [9.17, 15) is 9.59 Å². The van der Waals surface area contributed by atoms with Gasteiger partial charge in [0, 0.05) is 5.38 Å². The molecule has 1 fully saturated rings. The molecule has 19 heavy (non-hydrogen) atoms. The molecule has 2 amide bonds. The molecule has 1 saturated heterocycles.